The smallest absolute Gasteiger partial charge is 0.338 e. The zero-order valence-electron chi connectivity index (χ0n) is 24.6. The van der Waals surface area contributed by atoms with Gasteiger partial charge in [0.25, 0.3) is 5.56 Å². The van der Waals surface area contributed by atoms with Crippen molar-refractivity contribution in [2.75, 3.05) is 20.8 Å². The van der Waals surface area contributed by atoms with Gasteiger partial charge < -0.3 is 18.8 Å². The van der Waals surface area contributed by atoms with Crippen LogP contribution in [-0.2, 0) is 9.53 Å². The first-order valence-electron chi connectivity index (χ1n) is 13.5. The molecule has 0 saturated heterocycles. The third-order valence-electron chi connectivity index (χ3n) is 7.40. The van der Waals surface area contributed by atoms with Crippen LogP contribution in [0, 0.1) is 24.3 Å². The summed E-state index contributed by atoms with van der Waals surface area (Å²) in [5, 5.41) is 0. The van der Waals surface area contributed by atoms with Crippen molar-refractivity contribution in [2.45, 2.75) is 40.7 Å². The van der Waals surface area contributed by atoms with Gasteiger partial charge in [0.2, 0.25) is 0 Å². The van der Waals surface area contributed by atoms with E-state index in [9.17, 15) is 9.59 Å². The molecule has 2 aromatic heterocycles. The molecule has 1 aliphatic heterocycles. The minimum Gasteiger partial charge on any atom is -0.493 e. The van der Waals surface area contributed by atoms with E-state index < -0.39 is 12.0 Å². The molecule has 10 heteroatoms. The normalized spacial score (nSPS) is 15.0. The second-order valence-corrected chi connectivity index (χ2v) is 12.2. The summed E-state index contributed by atoms with van der Waals surface area (Å²) in [4.78, 5) is 32.6. The first-order valence-corrected chi connectivity index (χ1v) is 15.4. The number of esters is 1. The quantitative estimate of drug-likeness (QED) is 0.198. The monoisotopic (exact) mass is 697 g/mol. The highest BCUT2D eigenvalue weighted by atomic mass is 127. The van der Waals surface area contributed by atoms with E-state index >= 15 is 0 Å². The molecule has 0 radical (unpaired) electrons. The predicted molar refractivity (Wildman–Crippen MR) is 173 cm³/mol. The topological polar surface area (TPSA) is 84.1 Å². The number of benzene rings is 2. The number of hydrogen-bond acceptors (Lipinski definition) is 7. The molecule has 4 aromatic rings. The zero-order valence-corrected chi connectivity index (χ0v) is 27.5. The van der Waals surface area contributed by atoms with Crippen LogP contribution in [0.4, 0.5) is 0 Å². The van der Waals surface area contributed by atoms with Crippen LogP contribution >= 0.6 is 33.9 Å². The molecule has 0 saturated carbocycles. The molecule has 0 amide bonds. The number of aromatic nitrogens is 2. The lowest BCUT2D eigenvalue weighted by atomic mass is 9.95. The number of carbonyl (C=O) groups is 1. The summed E-state index contributed by atoms with van der Waals surface area (Å²) in [5.74, 6) is 0.531. The number of nitrogens with zero attached hydrogens (tertiary/aromatic N) is 3. The van der Waals surface area contributed by atoms with E-state index in [0.717, 1.165) is 22.6 Å². The maximum absolute atomic E-state index is 14.1. The van der Waals surface area contributed by atoms with Crippen molar-refractivity contribution in [3.05, 3.63) is 105 Å². The number of carbonyl (C=O) groups excluding carboxylic acids is 1. The van der Waals surface area contributed by atoms with Crippen LogP contribution < -0.4 is 24.4 Å². The van der Waals surface area contributed by atoms with E-state index in [2.05, 4.69) is 72.2 Å². The Labute approximate surface area is 261 Å². The minimum atomic E-state index is -0.746. The van der Waals surface area contributed by atoms with Gasteiger partial charge >= 0.3 is 5.97 Å². The standard InChI is InChI=1S/C32H32IN3O5S/c1-8-41-31(38)28-19(4)34-32-36(29(28)21-9-12-25(39-6)26(15-21)40-7)30(37)27(42-32)16-22-14-18(3)35(20(22)5)23-10-11-24(33)17(2)13-23/h9-16,29H,8H2,1-7H3. The Kier molecular flexibility index (Phi) is 8.47. The third kappa shape index (κ3) is 5.22. The molecule has 0 aliphatic carbocycles. The SMILES string of the molecule is CCOC(=O)C1=C(C)N=c2sc(=Cc3cc(C)n(-c4ccc(I)c(C)c4)c3C)c(=O)n2C1c1ccc(OC)c(OC)c1. The second-order valence-electron chi connectivity index (χ2n) is 10.0. The number of halogens is 1. The van der Waals surface area contributed by atoms with Crippen LogP contribution in [0.15, 0.2) is 63.5 Å². The van der Waals surface area contributed by atoms with Crippen LogP contribution in [0.5, 0.6) is 11.5 Å². The summed E-state index contributed by atoms with van der Waals surface area (Å²) in [6, 6.07) is 13.1. The molecule has 0 fully saturated rings. The lowest BCUT2D eigenvalue weighted by Crippen LogP contribution is -2.40. The van der Waals surface area contributed by atoms with Gasteiger partial charge in [-0.15, -0.1) is 0 Å². The minimum absolute atomic E-state index is 0.203. The number of ether oxygens (including phenoxy) is 3. The number of methoxy groups -OCH3 is 2. The van der Waals surface area contributed by atoms with E-state index in [1.54, 1.807) is 44.8 Å². The van der Waals surface area contributed by atoms with Crippen molar-refractivity contribution in [1.82, 2.24) is 9.13 Å². The molecule has 1 unspecified atom stereocenters. The fraction of sp³-hybridized carbons (Fsp3) is 0.281. The second kappa shape index (κ2) is 11.9. The van der Waals surface area contributed by atoms with Crippen LogP contribution in [0.2, 0.25) is 0 Å². The van der Waals surface area contributed by atoms with Crippen LogP contribution in [0.3, 0.4) is 0 Å². The van der Waals surface area contributed by atoms with Crippen molar-refractivity contribution in [1.29, 1.82) is 0 Å². The lowest BCUT2D eigenvalue weighted by Gasteiger charge is -2.25. The number of rotatable bonds is 7. The Hall–Kier alpha value is -3.64. The van der Waals surface area contributed by atoms with Gasteiger partial charge in [-0.2, -0.15) is 0 Å². The maximum atomic E-state index is 14.1. The highest BCUT2D eigenvalue weighted by Gasteiger charge is 2.34. The van der Waals surface area contributed by atoms with Crippen molar-refractivity contribution >= 4 is 46.0 Å². The first-order chi connectivity index (χ1) is 20.1. The highest BCUT2D eigenvalue weighted by molar-refractivity contribution is 14.1. The van der Waals surface area contributed by atoms with Gasteiger partial charge in [-0.05, 0) is 116 Å². The van der Waals surface area contributed by atoms with Gasteiger partial charge in [0.15, 0.2) is 16.3 Å². The van der Waals surface area contributed by atoms with Gasteiger partial charge in [-0.3, -0.25) is 9.36 Å². The summed E-state index contributed by atoms with van der Waals surface area (Å²) >= 11 is 3.64. The molecule has 1 atom stereocenters. The van der Waals surface area contributed by atoms with E-state index in [0.29, 0.717) is 37.7 Å². The molecule has 0 bridgehead atoms. The van der Waals surface area contributed by atoms with Gasteiger partial charge in [0.05, 0.1) is 42.7 Å². The molecular weight excluding hydrogens is 665 g/mol. The Morgan fingerprint density at radius 1 is 1.05 bits per heavy atom. The summed E-state index contributed by atoms with van der Waals surface area (Å²) in [6.07, 6.45) is 1.91. The molecule has 3 heterocycles. The number of hydrogen-bond donors (Lipinski definition) is 0. The average Bonchev–Trinajstić information content (AvgIpc) is 3.42. The summed E-state index contributed by atoms with van der Waals surface area (Å²) in [5.41, 5.74) is 6.59. The van der Waals surface area contributed by atoms with E-state index in [4.69, 9.17) is 19.2 Å². The molecule has 2 aromatic carbocycles. The Balaban J connectivity index is 1.70. The van der Waals surface area contributed by atoms with Crippen molar-refractivity contribution in [2.24, 2.45) is 4.99 Å². The number of fused-ring (bicyclic) bond motifs is 1. The zero-order chi connectivity index (χ0) is 30.3. The van der Waals surface area contributed by atoms with Gasteiger partial charge in [0.1, 0.15) is 0 Å². The van der Waals surface area contributed by atoms with E-state index in [1.807, 2.05) is 12.1 Å². The number of thiazole rings is 1. The highest BCUT2D eigenvalue weighted by Crippen LogP contribution is 2.36. The Morgan fingerprint density at radius 3 is 2.45 bits per heavy atom. The number of aryl methyl sites for hydroxylation is 2. The predicted octanol–water partition coefficient (Wildman–Crippen LogP) is 5.14. The van der Waals surface area contributed by atoms with Crippen molar-refractivity contribution in [3.8, 4) is 17.2 Å². The third-order valence-corrected chi connectivity index (χ3v) is 9.59. The fourth-order valence-electron chi connectivity index (χ4n) is 5.37. The molecule has 0 spiro atoms. The molecular formula is C32H32IN3O5S. The van der Waals surface area contributed by atoms with Gasteiger partial charge in [-0.25, -0.2) is 9.79 Å². The van der Waals surface area contributed by atoms with Gasteiger partial charge in [-0.1, -0.05) is 17.4 Å². The van der Waals surface area contributed by atoms with Crippen molar-refractivity contribution < 1.29 is 19.0 Å². The van der Waals surface area contributed by atoms with Gasteiger partial charge in [0, 0.05) is 20.6 Å². The summed E-state index contributed by atoms with van der Waals surface area (Å²) in [6.45, 7) is 9.94. The Bertz CT molecular complexity index is 1930. The molecule has 42 heavy (non-hydrogen) atoms. The van der Waals surface area contributed by atoms with Crippen molar-refractivity contribution in [3.63, 3.8) is 0 Å². The molecule has 0 N–H and O–H groups in total. The molecule has 8 nitrogen and oxygen atoms in total. The average molecular weight is 698 g/mol. The van der Waals surface area contributed by atoms with E-state index in [1.165, 1.54) is 20.5 Å². The maximum Gasteiger partial charge on any atom is 0.338 e. The summed E-state index contributed by atoms with van der Waals surface area (Å²) in [7, 11) is 3.11. The molecule has 5 rings (SSSR count). The Morgan fingerprint density at radius 2 is 1.79 bits per heavy atom. The molecule has 1 aliphatic rings. The van der Waals surface area contributed by atoms with E-state index in [-0.39, 0.29) is 12.2 Å². The van der Waals surface area contributed by atoms with Crippen LogP contribution in [-0.4, -0.2) is 35.9 Å². The van der Waals surface area contributed by atoms with Crippen LogP contribution in [0.1, 0.15) is 48.0 Å². The first kappa shape index (κ1) is 29.8. The molecule has 218 valence electrons. The lowest BCUT2D eigenvalue weighted by molar-refractivity contribution is -0.139. The largest absolute Gasteiger partial charge is 0.493 e. The number of allylic oxidation sites excluding steroid dienone is 1. The van der Waals surface area contributed by atoms with Crippen LogP contribution in [0.25, 0.3) is 11.8 Å². The summed E-state index contributed by atoms with van der Waals surface area (Å²) < 4.78 is 21.9. The fourth-order valence-corrected chi connectivity index (χ4v) is 6.74.